The summed E-state index contributed by atoms with van der Waals surface area (Å²) in [4.78, 5) is 68.9. The van der Waals surface area contributed by atoms with Crippen LogP contribution in [0.2, 0.25) is 0 Å². The molecule has 6 aromatic rings. The van der Waals surface area contributed by atoms with Crippen molar-refractivity contribution >= 4 is 80.5 Å². The third kappa shape index (κ3) is 17.9. The van der Waals surface area contributed by atoms with E-state index in [0.29, 0.717) is 80.3 Å². The Morgan fingerprint density at radius 2 is 1.14 bits per heavy atom. The first-order valence-corrected chi connectivity index (χ1v) is 22.9. The predicted molar refractivity (Wildman–Crippen MR) is 280 cm³/mol. The van der Waals surface area contributed by atoms with Crippen molar-refractivity contribution in [3.63, 3.8) is 0 Å². The van der Waals surface area contributed by atoms with E-state index in [4.69, 9.17) is 10.5 Å². The number of benzene rings is 2. The molecule has 71 heavy (non-hydrogen) atoms. The van der Waals surface area contributed by atoms with E-state index in [1.165, 1.54) is 24.3 Å². The average molecular weight is 978 g/mol. The zero-order chi connectivity index (χ0) is 49.8. The Morgan fingerprint density at radius 3 is 1.59 bits per heavy atom. The standard InChI is InChI=1S/C28H39N9O4.C19H24N8O.2CH4/c1-7-12-29-23-21(17-32-26(35-23)34-20-9-10-22-19(16-20)11-15-33-36-22)25(39)31-14-8-13-30-24(38)18(2)37(6)27(40)41-28(3,4)5;1-2-8-21-17-15(18(28)22-9-3-7-20)12-23-19(26-17)25-14-4-5-16-13(11-14)6-10-24-27-16;;/h9-11,15-18H,7-8,12-14H2,1-6H3,(H,30,38)(H,31,39)(H2,29,32,34,35);4-6,10-12H,2-3,7-9,20H2,1H3,(H,22,28)(H2,21,23,25,26);2*1H4/t18-;;;/m0.../s1. The van der Waals surface area contributed by atoms with Crippen LogP contribution in [0, 0.1) is 0 Å². The van der Waals surface area contributed by atoms with Crippen molar-refractivity contribution in [1.82, 2.24) is 61.2 Å². The highest BCUT2D eigenvalue weighted by molar-refractivity contribution is 5.99. The molecular formula is C49H71N17O5. The fourth-order valence-electron chi connectivity index (χ4n) is 6.17. The number of anilines is 6. The Kier molecular flexibility index (Phi) is 23.1. The molecule has 0 fully saturated rings. The first kappa shape index (κ1) is 57.4. The number of hydrogen-bond acceptors (Lipinski definition) is 18. The molecule has 0 saturated carbocycles. The quantitative estimate of drug-likeness (QED) is 0.0343. The third-order valence-corrected chi connectivity index (χ3v) is 9.94. The Morgan fingerprint density at radius 1 is 0.676 bits per heavy atom. The molecule has 9 N–H and O–H groups in total. The van der Waals surface area contributed by atoms with Crippen LogP contribution >= 0.6 is 0 Å². The number of carbonyl (C=O) groups excluding carboxylic acids is 4. The van der Waals surface area contributed by atoms with Gasteiger partial charge in [-0.05, 0) is 108 Å². The van der Waals surface area contributed by atoms with E-state index >= 15 is 0 Å². The van der Waals surface area contributed by atoms with E-state index in [0.717, 1.165) is 52.4 Å². The van der Waals surface area contributed by atoms with Gasteiger partial charge in [-0.25, -0.2) is 14.8 Å². The number of nitrogens with zero attached hydrogens (tertiary/aromatic N) is 9. The maximum absolute atomic E-state index is 12.9. The molecule has 1 atom stereocenters. The van der Waals surface area contributed by atoms with E-state index in [1.807, 2.05) is 62.4 Å². The molecule has 6 rings (SSSR count). The molecular weight excluding hydrogens is 907 g/mol. The normalized spacial score (nSPS) is 11.0. The van der Waals surface area contributed by atoms with Crippen LogP contribution in [0.5, 0.6) is 0 Å². The van der Waals surface area contributed by atoms with Crippen LogP contribution in [0.3, 0.4) is 0 Å². The van der Waals surface area contributed by atoms with Crippen molar-refractivity contribution in [2.45, 2.75) is 93.7 Å². The highest BCUT2D eigenvalue weighted by atomic mass is 16.6. The van der Waals surface area contributed by atoms with Crippen molar-refractivity contribution in [2.75, 3.05) is 67.6 Å². The van der Waals surface area contributed by atoms with Crippen LogP contribution in [-0.2, 0) is 9.53 Å². The molecule has 0 bridgehead atoms. The molecule has 22 nitrogen and oxygen atoms in total. The fourth-order valence-corrected chi connectivity index (χ4v) is 6.17. The second-order valence-electron chi connectivity index (χ2n) is 16.7. The van der Waals surface area contributed by atoms with Gasteiger partial charge in [0.05, 0.1) is 23.4 Å². The second-order valence-corrected chi connectivity index (χ2v) is 16.7. The van der Waals surface area contributed by atoms with Gasteiger partial charge in [0.1, 0.15) is 34.4 Å². The van der Waals surface area contributed by atoms with Gasteiger partial charge in [0.25, 0.3) is 11.8 Å². The summed E-state index contributed by atoms with van der Waals surface area (Å²) < 4.78 is 5.30. The SMILES string of the molecule is C.C.CCCNc1nc(Nc2ccc3nnccc3c2)ncc1C(=O)NCCCN.CCCNc1nc(Nc2ccc3nnccc3c2)ncc1C(=O)NCCCNC(=O)[C@H](C)N(C)C(=O)OC(C)(C)C. The zero-order valence-electron chi connectivity index (χ0n) is 40.2. The summed E-state index contributed by atoms with van der Waals surface area (Å²) in [6.45, 7) is 14.0. The van der Waals surface area contributed by atoms with Crippen molar-refractivity contribution in [3.05, 3.63) is 84.4 Å². The van der Waals surface area contributed by atoms with Gasteiger partial charge in [0.2, 0.25) is 17.8 Å². The Hall–Kier alpha value is -7.88. The van der Waals surface area contributed by atoms with Crippen molar-refractivity contribution in [2.24, 2.45) is 5.73 Å². The first-order valence-electron chi connectivity index (χ1n) is 22.9. The van der Waals surface area contributed by atoms with Gasteiger partial charge in [-0.15, -0.1) is 0 Å². The lowest BCUT2D eigenvalue weighted by Crippen LogP contribution is -2.47. The summed E-state index contributed by atoms with van der Waals surface area (Å²) in [5, 5.41) is 39.0. The monoisotopic (exact) mass is 978 g/mol. The van der Waals surface area contributed by atoms with Crippen LogP contribution in [0.25, 0.3) is 21.8 Å². The number of ether oxygens (including phenoxy) is 1. The number of nitrogens with two attached hydrogens (primary N) is 1. The van der Waals surface area contributed by atoms with Crippen LogP contribution in [0.4, 0.5) is 39.7 Å². The topological polar surface area (TPSA) is 294 Å². The van der Waals surface area contributed by atoms with Crippen LogP contribution in [-0.4, -0.2) is 127 Å². The molecule has 4 amide bonds. The van der Waals surface area contributed by atoms with Crippen molar-refractivity contribution in [3.8, 4) is 0 Å². The van der Waals surface area contributed by atoms with E-state index in [2.05, 4.69) is 77.5 Å². The minimum Gasteiger partial charge on any atom is -0.444 e. The van der Waals surface area contributed by atoms with Gasteiger partial charge in [-0.2, -0.15) is 30.4 Å². The summed E-state index contributed by atoms with van der Waals surface area (Å²) in [7, 11) is 1.52. The highest BCUT2D eigenvalue weighted by Crippen LogP contribution is 2.23. The molecule has 0 radical (unpaired) electrons. The summed E-state index contributed by atoms with van der Waals surface area (Å²) >= 11 is 0. The van der Waals surface area contributed by atoms with E-state index in [-0.39, 0.29) is 32.6 Å². The summed E-state index contributed by atoms with van der Waals surface area (Å²) in [5.74, 6) is 0.795. The lowest BCUT2D eigenvalue weighted by atomic mass is 10.2. The molecule has 0 spiro atoms. The molecule has 0 aliphatic heterocycles. The molecule has 382 valence electrons. The molecule has 0 aliphatic carbocycles. The Balaban J connectivity index is 0.000000389. The molecule has 22 heteroatoms. The minimum atomic E-state index is -0.709. The number of carbonyl (C=O) groups is 4. The number of nitrogens with one attached hydrogen (secondary N) is 7. The van der Waals surface area contributed by atoms with Gasteiger partial charge < -0.3 is 47.7 Å². The van der Waals surface area contributed by atoms with E-state index in [9.17, 15) is 19.2 Å². The molecule has 0 saturated heterocycles. The summed E-state index contributed by atoms with van der Waals surface area (Å²) in [6, 6.07) is 14.4. The summed E-state index contributed by atoms with van der Waals surface area (Å²) in [6.07, 6.45) is 8.67. The Bertz CT molecular complexity index is 2660. The predicted octanol–water partition coefficient (Wildman–Crippen LogP) is 6.81. The van der Waals surface area contributed by atoms with Gasteiger partial charge >= 0.3 is 6.09 Å². The van der Waals surface area contributed by atoms with Crippen LogP contribution < -0.4 is 43.0 Å². The maximum Gasteiger partial charge on any atom is 0.410 e. The number of aromatic nitrogens is 8. The first-order chi connectivity index (χ1) is 33.2. The fraction of sp³-hybridized carbons (Fsp3) is 0.429. The number of likely N-dealkylation sites (N-methyl/N-ethyl adjacent to an activating group) is 1. The minimum absolute atomic E-state index is 0. The largest absolute Gasteiger partial charge is 0.444 e. The number of fused-ring (bicyclic) bond motifs is 2. The van der Waals surface area contributed by atoms with Gasteiger partial charge in [-0.1, -0.05) is 28.7 Å². The van der Waals surface area contributed by atoms with Crippen molar-refractivity contribution < 1.29 is 23.9 Å². The molecule has 4 heterocycles. The second kappa shape index (κ2) is 28.6. The van der Waals surface area contributed by atoms with E-state index in [1.54, 1.807) is 40.1 Å². The number of rotatable bonds is 21. The van der Waals surface area contributed by atoms with Crippen molar-refractivity contribution in [1.29, 1.82) is 0 Å². The molecule has 2 aromatic carbocycles. The third-order valence-electron chi connectivity index (χ3n) is 9.94. The van der Waals surface area contributed by atoms with Crippen LogP contribution in [0.15, 0.2) is 73.3 Å². The number of amides is 4. The lowest BCUT2D eigenvalue weighted by Gasteiger charge is -2.28. The zero-order valence-corrected chi connectivity index (χ0v) is 40.2. The molecule has 0 unspecified atom stereocenters. The van der Waals surface area contributed by atoms with E-state index < -0.39 is 17.7 Å². The molecule has 4 aromatic heterocycles. The van der Waals surface area contributed by atoms with Crippen LogP contribution in [0.1, 0.15) is 103 Å². The maximum atomic E-state index is 12.9. The smallest absolute Gasteiger partial charge is 0.410 e. The lowest BCUT2D eigenvalue weighted by molar-refractivity contribution is -0.125. The van der Waals surface area contributed by atoms with Gasteiger partial charge in [0.15, 0.2) is 0 Å². The summed E-state index contributed by atoms with van der Waals surface area (Å²) in [5.41, 5.74) is 8.72. The number of hydrogen-bond donors (Lipinski definition) is 8. The molecule has 0 aliphatic rings. The van der Waals surface area contributed by atoms with Gasteiger partial charge in [-0.3, -0.25) is 19.3 Å². The highest BCUT2D eigenvalue weighted by Gasteiger charge is 2.27. The average Bonchev–Trinajstić information content (AvgIpc) is 3.34. The Labute approximate surface area is 416 Å². The van der Waals surface area contributed by atoms with Gasteiger partial charge in [0, 0.05) is 74.3 Å².